The summed E-state index contributed by atoms with van der Waals surface area (Å²) in [5.74, 6) is 0.0810. The number of H-pyrrole nitrogens is 1. The Hall–Kier alpha value is -4.64. The van der Waals surface area contributed by atoms with Crippen LogP contribution in [0.1, 0.15) is 49.3 Å². The molecule has 3 atom stereocenters. The van der Waals surface area contributed by atoms with Crippen LogP contribution < -0.4 is 10.9 Å². The number of anilines is 1. The molecule has 3 aliphatic rings. The Morgan fingerprint density at radius 3 is 2.74 bits per heavy atom. The highest BCUT2D eigenvalue weighted by Crippen LogP contribution is 2.60. The third-order valence-corrected chi connectivity index (χ3v) is 8.95. The maximum Gasteiger partial charge on any atom is 0.252 e. The molecule has 8 rings (SSSR count). The summed E-state index contributed by atoms with van der Waals surface area (Å²) in [6.07, 6.45) is 2.92. The van der Waals surface area contributed by atoms with Gasteiger partial charge in [-0.25, -0.2) is 4.98 Å². The van der Waals surface area contributed by atoms with Gasteiger partial charge in [0.15, 0.2) is 0 Å². The molecular weight excluding hydrogens is 559 g/mol. The van der Waals surface area contributed by atoms with Gasteiger partial charge in [0.2, 0.25) is 11.9 Å². The predicted octanol–water partition coefficient (Wildman–Crippen LogP) is 4.90. The average molecular weight is 583 g/mol. The van der Waals surface area contributed by atoms with Crippen LogP contribution in [0.5, 0.6) is 0 Å². The number of aromatic nitrogens is 7. The number of hydrogen-bond donors (Lipinski definition) is 2. The summed E-state index contributed by atoms with van der Waals surface area (Å²) in [5.41, 5.74) is 4.84. The molecule has 5 aromatic rings. The van der Waals surface area contributed by atoms with Crippen molar-refractivity contribution in [2.75, 3.05) is 5.32 Å². The Kier molecular flexibility index (Phi) is 5.19. The van der Waals surface area contributed by atoms with Crippen LogP contribution in [0.3, 0.4) is 0 Å². The maximum atomic E-state index is 15.4. The molecule has 210 valence electrons. The van der Waals surface area contributed by atoms with Crippen molar-refractivity contribution in [1.29, 1.82) is 0 Å². The second kappa shape index (κ2) is 8.68. The van der Waals surface area contributed by atoms with Crippen LogP contribution in [0.2, 0.25) is 5.02 Å². The average Bonchev–Trinajstić information content (AvgIpc) is 3.25. The molecule has 42 heavy (non-hydrogen) atoms. The van der Waals surface area contributed by atoms with Crippen LogP contribution in [0.25, 0.3) is 28.1 Å². The summed E-state index contributed by atoms with van der Waals surface area (Å²) >= 11 is 6.34. The quantitative estimate of drug-likeness (QED) is 0.311. The molecule has 0 radical (unpaired) electrons. The van der Waals surface area contributed by atoms with E-state index < -0.39 is 17.4 Å². The number of aromatic amines is 1. The van der Waals surface area contributed by atoms with E-state index >= 15 is 4.39 Å². The van der Waals surface area contributed by atoms with E-state index in [1.807, 2.05) is 32.0 Å². The number of fused-ring (bicyclic) bond motifs is 4. The highest BCUT2D eigenvalue weighted by atomic mass is 35.5. The zero-order valence-corrected chi connectivity index (χ0v) is 23.4. The summed E-state index contributed by atoms with van der Waals surface area (Å²) in [6.45, 7) is 3.77. The predicted molar refractivity (Wildman–Crippen MR) is 153 cm³/mol. The van der Waals surface area contributed by atoms with Crippen LogP contribution in [0.4, 0.5) is 10.1 Å². The lowest BCUT2D eigenvalue weighted by atomic mass is 9.81. The lowest BCUT2D eigenvalue weighted by molar-refractivity contribution is -0.124. The highest BCUT2D eigenvalue weighted by Gasteiger charge is 2.54. The number of pyridine rings is 1. The van der Waals surface area contributed by atoms with Gasteiger partial charge in [-0.05, 0) is 76.7 Å². The van der Waals surface area contributed by atoms with Crippen LogP contribution in [0, 0.1) is 17.3 Å². The van der Waals surface area contributed by atoms with Crippen LogP contribution in [-0.4, -0.2) is 40.6 Å². The number of benzene rings is 2. The van der Waals surface area contributed by atoms with Crippen molar-refractivity contribution in [3.63, 3.8) is 0 Å². The smallest absolute Gasteiger partial charge is 0.252 e. The van der Waals surface area contributed by atoms with E-state index in [1.165, 1.54) is 11.0 Å². The van der Waals surface area contributed by atoms with E-state index in [2.05, 4.69) is 30.8 Å². The number of tetrazole rings is 1. The van der Waals surface area contributed by atoms with Crippen molar-refractivity contribution >= 4 is 23.2 Å². The third-order valence-electron chi connectivity index (χ3n) is 8.71. The van der Waals surface area contributed by atoms with E-state index in [0.29, 0.717) is 34.1 Å². The molecule has 2 aliphatic heterocycles. The topological polar surface area (TPSA) is 123 Å². The summed E-state index contributed by atoms with van der Waals surface area (Å²) in [6, 6.07) is 14.0. The first-order valence-electron chi connectivity index (χ1n) is 13.7. The Morgan fingerprint density at radius 2 is 1.93 bits per heavy atom. The molecular formula is C30H24ClFN8O2. The molecule has 3 aromatic heterocycles. The molecule has 2 aromatic carbocycles. The van der Waals surface area contributed by atoms with E-state index in [9.17, 15) is 9.59 Å². The summed E-state index contributed by atoms with van der Waals surface area (Å²) in [7, 11) is 0. The first-order valence-corrected chi connectivity index (χ1v) is 14.1. The molecule has 12 heteroatoms. The molecule has 10 nitrogen and oxygen atoms in total. The second-order valence-electron chi connectivity index (χ2n) is 11.9. The fraction of sp³-hybridized carbons (Fsp3) is 0.267. The van der Waals surface area contributed by atoms with E-state index in [0.717, 1.165) is 28.9 Å². The number of rotatable bonds is 4. The molecule has 1 fully saturated rings. The summed E-state index contributed by atoms with van der Waals surface area (Å²) in [4.78, 5) is 33.5. The SMILES string of the molecule is CC1(C)Cc2cc(-c3[nH]c(C4C5CC5c5cc(-c6cc(Cl)ccc6-n6cnnn6)cc(=O)n54)nc3F)ccc2NC1=O. The molecule has 0 bridgehead atoms. The van der Waals surface area contributed by atoms with Gasteiger partial charge in [0.25, 0.3) is 5.56 Å². The van der Waals surface area contributed by atoms with E-state index in [4.69, 9.17) is 11.6 Å². The minimum Gasteiger partial charge on any atom is -0.338 e. The van der Waals surface area contributed by atoms with Crippen molar-refractivity contribution in [3.05, 3.63) is 93.3 Å². The molecule has 1 aliphatic carbocycles. The van der Waals surface area contributed by atoms with Gasteiger partial charge in [-0.15, -0.1) is 5.10 Å². The first-order chi connectivity index (χ1) is 20.2. The number of imidazole rings is 1. The minimum absolute atomic E-state index is 0.0350. The lowest BCUT2D eigenvalue weighted by Crippen LogP contribution is -2.37. The first kappa shape index (κ1) is 25.1. The molecule has 1 amide bonds. The van der Waals surface area contributed by atoms with E-state index in [1.54, 1.807) is 34.9 Å². The number of amides is 1. The monoisotopic (exact) mass is 582 g/mol. The van der Waals surface area contributed by atoms with Gasteiger partial charge in [0.1, 0.15) is 17.8 Å². The molecule has 5 heterocycles. The van der Waals surface area contributed by atoms with Gasteiger partial charge in [-0.1, -0.05) is 31.5 Å². The number of nitrogens with one attached hydrogen (secondary N) is 2. The van der Waals surface area contributed by atoms with Crippen molar-refractivity contribution in [2.45, 2.75) is 38.6 Å². The van der Waals surface area contributed by atoms with Gasteiger partial charge >= 0.3 is 0 Å². The summed E-state index contributed by atoms with van der Waals surface area (Å²) < 4.78 is 18.6. The van der Waals surface area contributed by atoms with Gasteiger partial charge in [-0.2, -0.15) is 9.07 Å². The molecule has 0 saturated heterocycles. The summed E-state index contributed by atoms with van der Waals surface area (Å²) in [5, 5.41) is 14.9. The van der Waals surface area contributed by atoms with Gasteiger partial charge < -0.3 is 14.9 Å². The van der Waals surface area contributed by atoms with Gasteiger partial charge in [0, 0.05) is 44.9 Å². The van der Waals surface area contributed by atoms with Crippen molar-refractivity contribution in [3.8, 4) is 28.1 Å². The zero-order valence-electron chi connectivity index (χ0n) is 22.6. The number of nitrogens with zero attached hydrogens (tertiary/aromatic N) is 6. The number of carbonyl (C=O) groups excluding carboxylic acids is 1. The standard InChI is InChI=1S/C30H24ClFN8O2/c1-30(2)12-16-7-14(3-5-21(16)34-29(30)42)25-27(32)36-28(35-25)26-20-11-19(20)23-8-15(9-24(41)40(23)26)18-10-17(31)4-6-22(18)39-13-33-37-38-39/h3-10,13,19-20,26H,11-12H2,1-2H3,(H,34,42)(H,35,36). The van der Waals surface area contributed by atoms with Gasteiger partial charge in [-0.3, -0.25) is 9.59 Å². The maximum absolute atomic E-state index is 15.4. The van der Waals surface area contributed by atoms with Crippen LogP contribution in [0.15, 0.2) is 59.7 Å². The molecule has 0 spiro atoms. The highest BCUT2D eigenvalue weighted by molar-refractivity contribution is 6.31. The van der Waals surface area contributed by atoms with Crippen molar-refractivity contribution < 1.29 is 9.18 Å². The molecule has 1 saturated carbocycles. The van der Waals surface area contributed by atoms with Crippen molar-refractivity contribution in [1.82, 2.24) is 34.7 Å². The van der Waals surface area contributed by atoms with Crippen LogP contribution in [-0.2, 0) is 11.2 Å². The number of hydrogen-bond acceptors (Lipinski definition) is 6. The molecule has 2 N–H and O–H groups in total. The van der Waals surface area contributed by atoms with Crippen LogP contribution >= 0.6 is 11.6 Å². The largest absolute Gasteiger partial charge is 0.338 e. The minimum atomic E-state index is -0.621. The third kappa shape index (κ3) is 3.76. The molecule has 3 unspecified atom stereocenters. The van der Waals surface area contributed by atoms with E-state index in [-0.39, 0.29) is 29.0 Å². The van der Waals surface area contributed by atoms with Crippen molar-refractivity contribution in [2.24, 2.45) is 11.3 Å². The zero-order chi connectivity index (χ0) is 28.9. The fourth-order valence-electron chi connectivity index (χ4n) is 6.54. The lowest BCUT2D eigenvalue weighted by Gasteiger charge is -2.30. The Bertz CT molecular complexity index is 2000. The Balaban J connectivity index is 1.18. The normalized spacial score (nSPS) is 21.4. The fourth-order valence-corrected chi connectivity index (χ4v) is 6.71. The Labute approximate surface area is 243 Å². The number of carbonyl (C=O) groups is 1. The van der Waals surface area contributed by atoms with Gasteiger partial charge in [0.05, 0.1) is 11.7 Å². The second-order valence-corrected chi connectivity index (χ2v) is 12.4. The Morgan fingerprint density at radius 1 is 1.07 bits per heavy atom. The number of halogens is 2.